The van der Waals surface area contributed by atoms with Crippen LogP contribution in [0.5, 0.6) is 0 Å². The highest BCUT2D eigenvalue weighted by molar-refractivity contribution is 7.22. The van der Waals surface area contributed by atoms with Crippen LogP contribution < -0.4 is 11.1 Å². The molecule has 1 aliphatic rings. The molecule has 3 nitrogen and oxygen atoms in total. The lowest BCUT2D eigenvalue weighted by atomic mass is 10.0. The van der Waals surface area contributed by atoms with E-state index in [0.717, 1.165) is 16.8 Å². The van der Waals surface area contributed by atoms with Gasteiger partial charge in [-0.1, -0.05) is 41.7 Å². The number of nitrogens with zero attached hydrogens (tertiary/aromatic N) is 1. The minimum Gasteiger partial charge on any atom is -0.385 e. The van der Waals surface area contributed by atoms with E-state index in [1.165, 1.54) is 35.4 Å². The first-order valence-corrected chi connectivity index (χ1v) is 7.57. The maximum absolute atomic E-state index is 5.50. The monoisotopic (exact) mass is 283 g/mol. The third-order valence-electron chi connectivity index (χ3n) is 3.27. The van der Waals surface area contributed by atoms with E-state index in [-0.39, 0.29) is 0 Å². The molecule has 0 spiro atoms. The molecule has 3 N–H and O–H groups in total. The van der Waals surface area contributed by atoms with Crippen LogP contribution in [0.25, 0.3) is 10.2 Å². The standard InChI is InChI=1S/C9H11N.C7H6N2S/c1-2-6-9-8(4-1)5-3-7-10-9;8-7-9-5-3-1-2-4-6(5)10-7/h1-2,4,6,10H,3,5,7H2;1-4H,(H2,8,9). The van der Waals surface area contributed by atoms with Gasteiger partial charge < -0.3 is 11.1 Å². The minimum absolute atomic E-state index is 0.640. The normalized spacial score (nSPS) is 13.0. The lowest BCUT2D eigenvalue weighted by Crippen LogP contribution is -2.10. The molecule has 20 heavy (non-hydrogen) atoms. The van der Waals surface area contributed by atoms with E-state index in [9.17, 15) is 0 Å². The van der Waals surface area contributed by atoms with Crippen molar-refractivity contribution in [3.8, 4) is 0 Å². The summed E-state index contributed by atoms with van der Waals surface area (Å²) in [6, 6.07) is 16.5. The van der Waals surface area contributed by atoms with E-state index in [4.69, 9.17) is 5.73 Å². The molecule has 102 valence electrons. The first-order chi connectivity index (χ1) is 9.83. The van der Waals surface area contributed by atoms with Gasteiger partial charge in [-0.05, 0) is 36.6 Å². The molecular formula is C16H17N3S. The van der Waals surface area contributed by atoms with Gasteiger partial charge in [-0.25, -0.2) is 4.98 Å². The van der Waals surface area contributed by atoms with Crippen molar-refractivity contribution in [2.45, 2.75) is 12.8 Å². The summed E-state index contributed by atoms with van der Waals surface area (Å²) in [6.07, 6.45) is 2.51. The third-order valence-corrected chi connectivity index (χ3v) is 4.13. The van der Waals surface area contributed by atoms with Gasteiger partial charge in [-0.3, -0.25) is 0 Å². The Morgan fingerprint density at radius 2 is 1.85 bits per heavy atom. The highest BCUT2D eigenvalue weighted by Crippen LogP contribution is 2.22. The van der Waals surface area contributed by atoms with Gasteiger partial charge in [0.1, 0.15) is 0 Å². The third kappa shape index (κ3) is 2.91. The van der Waals surface area contributed by atoms with Crippen LogP contribution in [0.1, 0.15) is 12.0 Å². The molecule has 0 amide bonds. The van der Waals surface area contributed by atoms with Crippen LogP contribution in [0.15, 0.2) is 48.5 Å². The molecular weight excluding hydrogens is 266 g/mol. The minimum atomic E-state index is 0.640. The SMILES string of the molecule is Nc1nc2ccccc2s1.c1ccc2c(c1)CCCN2. The van der Waals surface area contributed by atoms with Crippen molar-refractivity contribution in [1.29, 1.82) is 0 Å². The number of aryl methyl sites for hydroxylation is 1. The fraction of sp³-hybridized carbons (Fsp3) is 0.188. The number of aromatic nitrogens is 1. The molecule has 0 atom stereocenters. The number of nitrogens with one attached hydrogen (secondary N) is 1. The maximum Gasteiger partial charge on any atom is 0.181 e. The van der Waals surface area contributed by atoms with Crippen molar-refractivity contribution in [2.24, 2.45) is 0 Å². The molecule has 1 aliphatic heterocycles. The number of hydrogen-bond acceptors (Lipinski definition) is 4. The zero-order valence-corrected chi connectivity index (χ0v) is 12.0. The smallest absolute Gasteiger partial charge is 0.181 e. The Morgan fingerprint density at radius 1 is 1.05 bits per heavy atom. The van der Waals surface area contributed by atoms with Crippen molar-refractivity contribution < 1.29 is 0 Å². The van der Waals surface area contributed by atoms with Gasteiger partial charge in [0.25, 0.3) is 0 Å². The van der Waals surface area contributed by atoms with Crippen molar-refractivity contribution in [2.75, 3.05) is 17.6 Å². The van der Waals surface area contributed by atoms with E-state index in [0.29, 0.717) is 5.13 Å². The van der Waals surface area contributed by atoms with E-state index < -0.39 is 0 Å². The fourth-order valence-corrected chi connectivity index (χ4v) is 3.04. The predicted octanol–water partition coefficient (Wildman–Crippen LogP) is 3.92. The number of thiazole rings is 1. The Hall–Kier alpha value is -2.07. The summed E-state index contributed by atoms with van der Waals surface area (Å²) < 4.78 is 1.15. The van der Waals surface area contributed by atoms with Gasteiger partial charge in [-0.2, -0.15) is 0 Å². The molecule has 1 aromatic heterocycles. The average Bonchev–Trinajstić information content (AvgIpc) is 2.88. The predicted molar refractivity (Wildman–Crippen MR) is 87.3 cm³/mol. The second-order valence-electron chi connectivity index (χ2n) is 4.71. The van der Waals surface area contributed by atoms with Crippen molar-refractivity contribution in [3.05, 3.63) is 54.1 Å². The number of para-hydroxylation sites is 2. The molecule has 0 radical (unpaired) electrons. The quantitative estimate of drug-likeness (QED) is 0.657. The van der Waals surface area contributed by atoms with E-state index in [1.54, 1.807) is 0 Å². The number of benzene rings is 2. The fourth-order valence-electron chi connectivity index (χ4n) is 2.30. The van der Waals surface area contributed by atoms with Crippen LogP contribution in [-0.4, -0.2) is 11.5 Å². The van der Waals surface area contributed by atoms with Gasteiger partial charge in [0.15, 0.2) is 5.13 Å². The Balaban J connectivity index is 0.000000121. The zero-order valence-electron chi connectivity index (χ0n) is 11.2. The average molecular weight is 283 g/mol. The molecule has 4 heteroatoms. The summed E-state index contributed by atoms with van der Waals surface area (Å²) in [5.41, 5.74) is 9.28. The van der Waals surface area contributed by atoms with Crippen LogP contribution in [0.2, 0.25) is 0 Å². The van der Waals surface area contributed by atoms with Crippen LogP contribution in [0, 0.1) is 0 Å². The van der Waals surface area contributed by atoms with E-state index in [1.807, 2.05) is 24.3 Å². The second kappa shape index (κ2) is 5.92. The Kier molecular flexibility index (Phi) is 3.83. The molecule has 0 saturated heterocycles. The van der Waals surface area contributed by atoms with Crippen molar-refractivity contribution in [1.82, 2.24) is 4.98 Å². The summed E-state index contributed by atoms with van der Waals surface area (Å²) in [5.74, 6) is 0. The van der Waals surface area contributed by atoms with Gasteiger partial charge in [0.05, 0.1) is 10.2 Å². The number of hydrogen-bond donors (Lipinski definition) is 2. The molecule has 0 saturated carbocycles. The van der Waals surface area contributed by atoms with Crippen molar-refractivity contribution >= 4 is 32.4 Å². The van der Waals surface area contributed by atoms with Gasteiger partial charge in [0, 0.05) is 12.2 Å². The molecule has 0 aliphatic carbocycles. The Morgan fingerprint density at radius 3 is 2.70 bits per heavy atom. The highest BCUT2D eigenvalue weighted by Gasteiger charge is 2.04. The molecule has 0 fully saturated rings. The lowest BCUT2D eigenvalue weighted by Gasteiger charge is -2.16. The van der Waals surface area contributed by atoms with Crippen LogP contribution >= 0.6 is 11.3 Å². The summed E-state index contributed by atoms with van der Waals surface area (Å²) >= 11 is 1.52. The molecule has 3 aromatic rings. The number of rotatable bonds is 0. The molecule has 0 bridgehead atoms. The largest absolute Gasteiger partial charge is 0.385 e. The summed E-state index contributed by atoms with van der Waals surface area (Å²) in [5, 5.41) is 4.00. The molecule has 0 unspecified atom stereocenters. The highest BCUT2D eigenvalue weighted by atomic mass is 32.1. The summed E-state index contributed by atoms with van der Waals surface area (Å²) in [4.78, 5) is 4.11. The van der Waals surface area contributed by atoms with E-state index >= 15 is 0 Å². The number of nitrogens with two attached hydrogens (primary N) is 1. The van der Waals surface area contributed by atoms with Crippen LogP contribution in [0.3, 0.4) is 0 Å². The van der Waals surface area contributed by atoms with Crippen LogP contribution in [-0.2, 0) is 6.42 Å². The van der Waals surface area contributed by atoms with Crippen molar-refractivity contribution in [3.63, 3.8) is 0 Å². The summed E-state index contributed by atoms with van der Waals surface area (Å²) in [6.45, 7) is 1.14. The van der Waals surface area contributed by atoms with Gasteiger partial charge in [-0.15, -0.1) is 0 Å². The summed E-state index contributed by atoms with van der Waals surface area (Å²) in [7, 11) is 0. The zero-order chi connectivity index (χ0) is 13.8. The Labute approximate surface area is 122 Å². The first-order valence-electron chi connectivity index (χ1n) is 6.76. The van der Waals surface area contributed by atoms with Gasteiger partial charge >= 0.3 is 0 Å². The topological polar surface area (TPSA) is 50.9 Å². The van der Waals surface area contributed by atoms with Gasteiger partial charge in [0.2, 0.25) is 0 Å². The number of fused-ring (bicyclic) bond motifs is 2. The van der Waals surface area contributed by atoms with E-state index in [2.05, 4.69) is 34.6 Å². The number of anilines is 2. The Bertz CT molecular complexity index is 648. The molecule has 4 rings (SSSR count). The number of nitrogen functional groups attached to an aromatic ring is 1. The van der Waals surface area contributed by atoms with Crippen LogP contribution in [0.4, 0.5) is 10.8 Å². The second-order valence-corrected chi connectivity index (χ2v) is 5.77. The molecule has 2 aromatic carbocycles. The lowest BCUT2D eigenvalue weighted by molar-refractivity contribution is 0.830. The maximum atomic E-state index is 5.50. The molecule has 2 heterocycles. The first kappa shape index (κ1) is 12.9.